The molecule has 0 radical (unpaired) electrons. The third kappa shape index (κ3) is 4.90. The number of hydrogen-bond donors (Lipinski definition) is 1. The van der Waals surface area contributed by atoms with Gasteiger partial charge in [-0.15, -0.1) is 0 Å². The van der Waals surface area contributed by atoms with Gasteiger partial charge >= 0.3 is 6.18 Å². The molecular weight excluding hydrogens is 273 g/mol. The molecule has 0 amide bonds. The van der Waals surface area contributed by atoms with Crippen LogP contribution in [0.5, 0.6) is 5.75 Å². The van der Waals surface area contributed by atoms with E-state index in [0.29, 0.717) is 5.75 Å². The van der Waals surface area contributed by atoms with E-state index in [0.717, 1.165) is 31.9 Å². The molecule has 0 saturated carbocycles. The molecule has 1 aromatic rings. The summed E-state index contributed by atoms with van der Waals surface area (Å²) < 4.78 is 45.0. The summed E-state index contributed by atoms with van der Waals surface area (Å²) >= 11 is 0. The second-order valence-electron chi connectivity index (χ2n) is 4.46. The number of benzene rings is 1. The minimum Gasteiger partial charge on any atom is -0.468 e. The van der Waals surface area contributed by atoms with Gasteiger partial charge in [-0.05, 0) is 24.3 Å². The van der Waals surface area contributed by atoms with E-state index in [1.165, 1.54) is 0 Å². The SMILES string of the molecule is FC(F)(F)COCOc1ccc(N2CCNCC2)cc1. The number of alkyl halides is 3. The van der Waals surface area contributed by atoms with Gasteiger partial charge in [-0.25, -0.2) is 0 Å². The first-order valence-corrected chi connectivity index (χ1v) is 6.38. The number of halogens is 3. The van der Waals surface area contributed by atoms with E-state index in [1.807, 2.05) is 12.1 Å². The van der Waals surface area contributed by atoms with Gasteiger partial charge in [-0.1, -0.05) is 0 Å². The molecule has 2 rings (SSSR count). The number of ether oxygens (including phenoxy) is 2. The molecule has 1 N–H and O–H groups in total. The first kappa shape index (κ1) is 14.9. The predicted molar refractivity (Wildman–Crippen MR) is 69.0 cm³/mol. The fourth-order valence-corrected chi connectivity index (χ4v) is 1.94. The average Bonchev–Trinajstić information content (AvgIpc) is 2.44. The lowest BCUT2D eigenvalue weighted by Crippen LogP contribution is -2.43. The molecule has 1 heterocycles. The van der Waals surface area contributed by atoms with Crippen molar-refractivity contribution in [1.29, 1.82) is 0 Å². The predicted octanol–water partition coefficient (Wildman–Crippen LogP) is 2.01. The highest BCUT2D eigenvalue weighted by Crippen LogP contribution is 2.20. The van der Waals surface area contributed by atoms with E-state index in [1.54, 1.807) is 12.1 Å². The van der Waals surface area contributed by atoms with E-state index in [2.05, 4.69) is 15.0 Å². The van der Waals surface area contributed by atoms with Crippen LogP contribution in [-0.4, -0.2) is 45.8 Å². The van der Waals surface area contributed by atoms with Crippen LogP contribution in [0.2, 0.25) is 0 Å². The molecule has 0 bridgehead atoms. The van der Waals surface area contributed by atoms with Crippen molar-refractivity contribution in [1.82, 2.24) is 5.32 Å². The Hall–Kier alpha value is -1.47. The van der Waals surface area contributed by atoms with Gasteiger partial charge in [0.05, 0.1) is 0 Å². The van der Waals surface area contributed by atoms with E-state index in [9.17, 15) is 13.2 Å². The van der Waals surface area contributed by atoms with Gasteiger partial charge in [-0.2, -0.15) is 13.2 Å². The van der Waals surface area contributed by atoms with Crippen LogP contribution in [0.4, 0.5) is 18.9 Å². The number of rotatable bonds is 5. The molecule has 20 heavy (non-hydrogen) atoms. The van der Waals surface area contributed by atoms with E-state index < -0.39 is 19.6 Å². The second-order valence-corrected chi connectivity index (χ2v) is 4.46. The van der Waals surface area contributed by atoms with E-state index >= 15 is 0 Å². The lowest BCUT2D eigenvalue weighted by Gasteiger charge is -2.29. The highest BCUT2D eigenvalue weighted by Gasteiger charge is 2.27. The summed E-state index contributed by atoms with van der Waals surface area (Å²) in [5, 5.41) is 3.27. The molecular formula is C13H17F3N2O2. The molecule has 0 aliphatic carbocycles. The average molecular weight is 290 g/mol. The Bertz CT molecular complexity index is 403. The van der Waals surface area contributed by atoms with Crippen LogP contribution < -0.4 is 15.0 Å². The summed E-state index contributed by atoms with van der Waals surface area (Å²) in [6, 6.07) is 7.25. The molecule has 1 saturated heterocycles. The van der Waals surface area contributed by atoms with Crippen molar-refractivity contribution < 1.29 is 22.6 Å². The largest absolute Gasteiger partial charge is 0.468 e. The van der Waals surface area contributed by atoms with Crippen LogP contribution in [0.15, 0.2) is 24.3 Å². The zero-order valence-electron chi connectivity index (χ0n) is 10.9. The zero-order chi connectivity index (χ0) is 14.4. The molecule has 1 fully saturated rings. The van der Waals surface area contributed by atoms with Gasteiger partial charge in [0.2, 0.25) is 0 Å². The monoisotopic (exact) mass is 290 g/mol. The van der Waals surface area contributed by atoms with Gasteiger partial charge in [-0.3, -0.25) is 0 Å². The lowest BCUT2D eigenvalue weighted by atomic mass is 10.2. The van der Waals surface area contributed by atoms with Crippen molar-refractivity contribution in [2.24, 2.45) is 0 Å². The third-order valence-corrected chi connectivity index (χ3v) is 2.89. The van der Waals surface area contributed by atoms with Crippen LogP contribution in [0.25, 0.3) is 0 Å². The van der Waals surface area contributed by atoms with E-state index in [-0.39, 0.29) is 0 Å². The molecule has 1 aromatic carbocycles. The first-order valence-electron chi connectivity index (χ1n) is 6.38. The Labute approximate surface area is 115 Å². The minimum absolute atomic E-state index is 0.410. The molecule has 4 nitrogen and oxygen atoms in total. The number of piperazine rings is 1. The molecule has 7 heteroatoms. The lowest BCUT2D eigenvalue weighted by molar-refractivity contribution is -0.186. The summed E-state index contributed by atoms with van der Waals surface area (Å²) in [5.41, 5.74) is 1.08. The van der Waals surface area contributed by atoms with E-state index in [4.69, 9.17) is 4.74 Å². The number of nitrogens with one attached hydrogen (secondary N) is 1. The smallest absolute Gasteiger partial charge is 0.411 e. The van der Waals surface area contributed by atoms with Crippen LogP contribution in [-0.2, 0) is 4.74 Å². The van der Waals surface area contributed by atoms with Crippen LogP contribution in [0.3, 0.4) is 0 Å². The Morgan fingerprint density at radius 1 is 1.10 bits per heavy atom. The maximum Gasteiger partial charge on any atom is 0.411 e. The maximum absolute atomic E-state index is 11.8. The molecule has 0 spiro atoms. The van der Waals surface area contributed by atoms with Crippen LogP contribution in [0.1, 0.15) is 0 Å². The van der Waals surface area contributed by atoms with Crippen molar-refractivity contribution in [2.45, 2.75) is 6.18 Å². The summed E-state index contributed by atoms with van der Waals surface area (Å²) in [6.45, 7) is 2.06. The highest BCUT2D eigenvalue weighted by atomic mass is 19.4. The van der Waals surface area contributed by atoms with Crippen molar-refractivity contribution in [2.75, 3.05) is 44.5 Å². The maximum atomic E-state index is 11.8. The Morgan fingerprint density at radius 2 is 1.75 bits per heavy atom. The highest BCUT2D eigenvalue weighted by molar-refractivity contribution is 5.49. The second kappa shape index (κ2) is 6.81. The quantitative estimate of drug-likeness (QED) is 0.664. The molecule has 112 valence electrons. The molecule has 1 aliphatic heterocycles. The zero-order valence-corrected chi connectivity index (χ0v) is 10.9. The first-order chi connectivity index (χ1) is 9.54. The fourth-order valence-electron chi connectivity index (χ4n) is 1.94. The molecule has 0 atom stereocenters. The normalized spacial score (nSPS) is 16.2. The van der Waals surface area contributed by atoms with Crippen molar-refractivity contribution in [3.63, 3.8) is 0 Å². The molecule has 0 unspecified atom stereocenters. The van der Waals surface area contributed by atoms with Crippen LogP contribution >= 0.6 is 0 Å². The Balaban J connectivity index is 1.76. The van der Waals surface area contributed by atoms with Gasteiger partial charge in [0.15, 0.2) is 6.79 Å². The number of anilines is 1. The Morgan fingerprint density at radius 3 is 2.35 bits per heavy atom. The molecule has 1 aliphatic rings. The number of nitrogens with zero attached hydrogens (tertiary/aromatic N) is 1. The van der Waals surface area contributed by atoms with Gasteiger partial charge in [0.1, 0.15) is 12.4 Å². The summed E-state index contributed by atoms with van der Waals surface area (Å²) in [5.74, 6) is 0.492. The van der Waals surface area contributed by atoms with Gasteiger partial charge < -0.3 is 19.7 Å². The Kier molecular flexibility index (Phi) is 5.08. The molecule has 0 aromatic heterocycles. The van der Waals surface area contributed by atoms with Crippen molar-refractivity contribution in [3.05, 3.63) is 24.3 Å². The fraction of sp³-hybridized carbons (Fsp3) is 0.538. The number of hydrogen-bond acceptors (Lipinski definition) is 4. The minimum atomic E-state index is -4.32. The summed E-state index contributed by atoms with van der Waals surface area (Å²) in [6.07, 6.45) is -4.32. The topological polar surface area (TPSA) is 33.7 Å². The van der Waals surface area contributed by atoms with Crippen molar-refractivity contribution >= 4 is 5.69 Å². The summed E-state index contributed by atoms with van der Waals surface area (Å²) in [7, 11) is 0. The van der Waals surface area contributed by atoms with Crippen LogP contribution in [0, 0.1) is 0 Å². The third-order valence-electron chi connectivity index (χ3n) is 2.89. The van der Waals surface area contributed by atoms with Gasteiger partial charge in [0, 0.05) is 31.9 Å². The summed E-state index contributed by atoms with van der Waals surface area (Å²) in [4.78, 5) is 2.24. The van der Waals surface area contributed by atoms with Crippen molar-refractivity contribution in [3.8, 4) is 5.75 Å². The van der Waals surface area contributed by atoms with Gasteiger partial charge in [0.25, 0.3) is 0 Å². The standard InChI is InChI=1S/C13H17F3N2O2/c14-13(15,16)9-19-10-20-12-3-1-11(2-4-12)18-7-5-17-6-8-18/h1-4,17H,5-10H2.